The summed E-state index contributed by atoms with van der Waals surface area (Å²) in [5.74, 6) is 0.193. The van der Waals surface area contributed by atoms with Crippen molar-refractivity contribution in [3.63, 3.8) is 0 Å². The quantitative estimate of drug-likeness (QED) is 0.633. The highest BCUT2D eigenvalue weighted by Crippen LogP contribution is 2.37. The molecule has 2 aromatic rings. The summed E-state index contributed by atoms with van der Waals surface area (Å²) < 4.78 is 38.4. The Hall–Kier alpha value is -2.71. The third-order valence-corrected chi connectivity index (χ3v) is 5.55. The first-order chi connectivity index (χ1) is 13.2. The minimum atomic E-state index is -4.01. The topological polar surface area (TPSA) is 93.7 Å². The van der Waals surface area contributed by atoms with Crippen LogP contribution in [0.2, 0.25) is 5.02 Å². The molecule has 0 bridgehead atoms. The van der Waals surface area contributed by atoms with Crippen LogP contribution in [0.3, 0.4) is 0 Å². The van der Waals surface area contributed by atoms with Gasteiger partial charge in [0.05, 0.1) is 29.8 Å². The van der Waals surface area contributed by atoms with Gasteiger partial charge in [0, 0.05) is 18.2 Å². The molecular formula is C19H21ClN2O5S. The molecule has 0 fully saturated rings. The molecule has 7 nitrogen and oxygen atoms in total. The Bertz CT molecular complexity index is 1010. The predicted octanol–water partition coefficient (Wildman–Crippen LogP) is 3.38. The monoisotopic (exact) mass is 424 g/mol. The Kier molecular flexibility index (Phi) is 6.93. The second-order valence-electron chi connectivity index (χ2n) is 5.77. The average molecular weight is 425 g/mol. The van der Waals surface area contributed by atoms with Crippen molar-refractivity contribution in [3.05, 3.63) is 59.1 Å². The molecule has 0 aliphatic heterocycles. The molecule has 0 aromatic heterocycles. The molecule has 0 aliphatic carbocycles. The Morgan fingerprint density at radius 3 is 2.46 bits per heavy atom. The Morgan fingerprint density at radius 1 is 1.18 bits per heavy atom. The van der Waals surface area contributed by atoms with Crippen LogP contribution in [0.25, 0.3) is 0 Å². The van der Waals surface area contributed by atoms with E-state index in [0.717, 1.165) is 0 Å². The lowest BCUT2D eigenvalue weighted by atomic mass is 10.1. The fourth-order valence-corrected chi connectivity index (χ4v) is 3.74. The SMILES string of the molecule is C=CCNC(=O)c1cc(S(=O)(=O)Nc2cc(Cl)c(OC)cc2OC)ccc1C. The lowest BCUT2D eigenvalue weighted by Crippen LogP contribution is -2.24. The second-order valence-corrected chi connectivity index (χ2v) is 7.86. The highest BCUT2D eigenvalue weighted by molar-refractivity contribution is 7.92. The number of ether oxygens (including phenoxy) is 2. The number of hydrogen-bond acceptors (Lipinski definition) is 5. The van der Waals surface area contributed by atoms with Crippen molar-refractivity contribution in [1.82, 2.24) is 5.32 Å². The first-order valence-electron chi connectivity index (χ1n) is 8.17. The highest BCUT2D eigenvalue weighted by atomic mass is 35.5. The normalized spacial score (nSPS) is 10.9. The number of aryl methyl sites for hydroxylation is 1. The number of sulfonamides is 1. The summed E-state index contributed by atoms with van der Waals surface area (Å²) in [6, 6.07) is 7.16. The zero-order valence-electron chi connectivity index (χ0n) is 15.7. The molecule has 0 saturated carbocycles. The molecule has 0 atom stereocenters. The number of benzene rings is 2. The number of nitrogens with one attached hydrogen (secondary N) is 2. The van der Waals surface area contributed by atoms with E-state index in [0.29, 0.717) is 11.3 Å². The summed E-state index contributed by atoms with van der Waals surface area (Å²) in [5.41, 5.74) is 1.04. The summed E-state index contributed by atoms with van der Waals surface area (Å²) in [6.07, 6.45) is 1.54. The van der Waals surface area contributed by atoms with Crippen molar-refractivity contribution < 1.29 is 22.7 Å². The number of anilines is 1. The fourth-order valence-electron chi connectivity index (χ4n) is 2.42. The van der Waals surface area contributed by atoms with Gasteiger partial charge in [0.2, 0.25) is 0 Å². The largest absolute Gasteiger partial charge is 0.495 e. The standard InChI is InChI=1S/C19H21ClN2O5S/c1-5-8-21-19(23)14-9-13(7-6-12(14)2)28(24,25)22-16-10-15(20)17(26-3)11-18(16)27-4/h5-7,9-11,22H,1,8H2,2-4H3,(H,21,23). The molecule has 2 aromatic carbocycles. The van der Waals surface area contributed by atoms with Gasteiger partial charge in [-0.3, -0.25) is 9.52 Å². The van der Waals surface area contributed by atoms with Gasteiger partial charge in [-0.1, -0.05) is 23.7 Å². The maximum Gasteiger partial charge on any atom is 0.262 e. The van der Waals surface area contributed by atoms with Crippen LogP contribution in [-0.4, -0.2) is 35.1 Å². The van der Waals surface area contributed by atoms with Crippen molar-refractivity contribution >= 4 is 33.2 Å². The molecule has 2 N–H and O–H groups in total. The first-order valence-corrected chi connectivity index (χ1v) is 10.0. The summed E-state index contributed by atoms with van der Waals surface area (Å²) >= 11 is 6.09. The molecule has 0 spiro atoms. The summed E-state index contributed by atoms with van der Waals surface area (Å²) in [5, 5.41) is 2.85. The van der Waals surface area contributed by atoms with E-state index in [9.17, 15) is 13.2 Å². The van der Waals surface area contributed by atoms with Crippen molar-refractivity contribution in [3.8, 4) is 11.5 Å². The van der Waals surface area contributed by atoms with Crippen molar-refractivity contribution in [2.45, 2.75) is 11.8 Å². The van der Waals surface area contributed by atoms with Crippen LogP contribution in [0.5, 0.6) is 11.5 Å². The molecule has 28 heavy (non-hydrogen) atoms. The smallest absolute Gasteiger partial charge is 0.262 e. The molecule has 2 rings (SSSR count). The van der Waals surface area contributed by atoms with Gasteiger partial charge < -0.3 is 14.8 Å². The molecule has 0 unspecified atom stereocenters. The number of hydrogen-bond donors (Lipinski definition) is 2. The van der Waals surface area contributed by atoms with Gasteiger partial charge in [0.15, 0.2) is 0 Å². The number of amides is 1. The summed E-state index contributed by atoms with van der Waals surface area (Å²) in [6.45, 7) is 5.53. The van der Waals surface area contributed by atoms with Gasteiger partial charge in [-0.15, -0.1) is 6.58 Å². The molecular weight excluding hydrogens is 404 g/mol. The van der Waals surface area contributed by atoms with E-state index in [2.05, 4.69) is 16.6 Å². The van der Waals surface area contributed by atoms with E-state index in [1.807, 2.05) is 0 Å². The van der Waals surface area contributed by atoms with E-state index in [4.69, 9.17) is 21.1 Å². The van der Waals surface area contributed by atoms with E-state index in [-0.39, 0.29) is 39.4 Å². The number of rotatable bonds is 8. The van der Waals surface area contributed by atoms with Crippen molar-refractivity contribution in [1.29, 1.82) is 0 Å². The molecule has 0 saturated heterocycles. The Labute approximate surface area is 169 Å². The predicted molar refractivity (Wildman–Crippen MR) is 109 cm³/mol. The first kappa shape index (κ1) is 21.6. The zero-order valence-corrected chi connectivity index (χ0v) is 17.3. The highest BCUT2D eigenvalue weighted by Gasteiger charge is 2.21. The summed E-state index contributed by atoms with van der Waals surface area (Å²) in [7, 11) is -1.17. The van der Waals surface area contributed by atoms with Gasteiger partial charge in [-0.25, -0.2) is 8.42 Å². The average Bonchev–Trinajstić information content (AvgIpc) is 2.66. The Balaban J connectivity index is 2.42. The number of carbonyl (C=O) groups excluding carboxylic acids is 1. The van der Waals surface area contributed by atoms with Crippen molar-refractivity contribution in [2.75, 3.05) is 25.5 Å². The third kappa shape index (κ3) is 4.76. The molecule has 0 heterocycles. The number of halogens is 1. The summed E-state index contributed by atoms with van der Waals surface area (Å²) in [4.78, 5) is 12.2. The second kappa shape index (κ2) is 8.99. The lowest BCUT2D eigenvalue weighted by molar-refractivity contribution is 0.0957. The lowest BCUT2D eigenvalue weighted by Gasteiger charge is -2.15. The minimum Gasteiger partial charge on any atom is -0.495 e. The van der Waals surface area contributed by atoms with Crippen molar-refractivity contribution in [2.24, 2.45) is 0 Å². The van der Waals surface area contributed by atoms with Crippen LogP contribution in [0.1, 0.15) is 15.9 Å². The van der Waals surface area contributed by atoms with Crippen LogP contribution in [-0.2, 0) is 10.0 Å². The van der Waals surface area contributed by atoms with Gasteiger partial charge >= 0.3 is 0 Å². The number of carbonyl (C=O) groups is 1. The van der Waals surface area contributed by atoms with Gasteiger partial charge in [-0.05, 0) is 30.7 Å². The van der Waals surface area contributed by atoms with Crippen LogP contribution >= 0.6 is 11.6 Å². The minimum absolute atomic E-state index is 0.0733. The van der Waals surface area contributed by atoms with Gasteiger partial charge in [0.25, 0.3) is 15.9 Å². The van der Waals surface area contributed by atoms with E-state index in [1.54, 1.807) is 13.0 Å². The third-order valence-electron chi connectivity index (χ3n) is 3.89. The van der Waals surface area contributed by atoms with Crippen LogP contribution < -0.4 is 19.5 Å². The molecule has 1 amide bonds. The molecule has 0 aliphatic rings. The Morgan fingerprint density at radius 2 is 1.86 bits per heavy atom. The van der Waals surface area contributed by atoms with Crippen LogP contribution in [0.4, 0.5) is 5.69 Å². The molecule has 0 radical (unpaired) electrons. The fraction of sp³-hybridized carbons (Fsp3) is 0.211. The number of methoxy groups -OCH3 is 2. The van der Waals surface area contributed by atoms with Crippen LogP contribution in [0.15, 0.2) is 47.9 Å². The van der Waals surface area contributed by atoms with E-state index >= 15 is 0 Å². The van der Waals surface area contributed by atoms with E-state index < -0.39 is 10.0 Å². The molecule has 150 valence electrons. The van der Waals surface area contributed by atoms with Gasteiger partial charge in [0.1, 0.15) is 11.5 Å². The maximum atomic E-state index is 12.8. The van der Waals surface area contributed by atoms with E-state index in [1.165, 1.54) is 44.6 Å². The maximum absolute atomic E-state index is 12.8. The van der Waals surface area contributed by atoms with Gasteiger partial charge in [-0.2, -0.15) is 0 Å². The zero-order chi connectivity index (χ0) is 20.9. The molecule has 9 heteroatoms. The van der Waals surface area contributed by atoms with Crippen LogP contribution in [0, 0.1) is 6.92 Å².